The van der Waals surface area contributed by atoms with Crippen LogP contribution in [0, 0.1) is 0 Å². The van der Waals surface area contributed by atoms with Gasteiger partial charge in [-0.1, -0.05) is 42.0 Å². The average molecular weight is 244 g/mol. The normalized spacial score (nSPS) is 34.8. The van der Waals surface area contributed by atoms with Crippen LogP contribution in [0.25, 0.3) is 0 Å². The quantitative estimate of drug-likeness (QED) is 0.656. The van der Waals surface area contributed by atoms with Gasteiger partial charge >= 0.3 is 7.12 Å². The van der Waals surface area contributed by atoms with Crippen molar-refractivity contribution in [2.45, 2.75) is 45.8 Å². The van der Waals surface area contributed by atoms with Gasteiger partial charge in [0.15, 0.2) is 0 Å². The monoisotopic (exact) mass is 244 g/mol. The Labute approximate surface area is 110 Å². The maximum atomic E-state index is 6.08. The Hall–Kier alpha value is -1.06. The van der Waals surface area contributed by atoms with Crippen molar-refractivity contribution in [2.24, 2.45) is 0 Å². The van der Waals surface area contributed by atoms with Crippen molar-refractivity contribution in [3.63, 3.8) is 0 Å². The molecule has 0 amide bonds. The molecule has 0 unspecified atom stereocenters. The first-order chi connectivity index (χ1) is 8.33. The van der Waals surface area contributed by atoms with Crippen LogP contribution in [0.15, 0.2) is 47.5 Å². The van der Waals surface area contributed by atoms with Gasteiger partial charge in [0.1, 0.15) is 0 Å². The number of rotatable bonds is 1. The zero-order valence-corrected chi connectivity index (χ0v) is 11.9. The average Bonchev–Trinajstić information content (AvgIpc) is 2.42. The highest BCUT2D eigenvalue weighted by atomic mass is 16.7. The molecule has 0 saturated carbocycles. The van der Waals surface area contributed by atoms with Crippen molar-refractivity contribution in [3.05, 3.63) is 47.5 Å². The summed E-state index contributed by atoms with van der Waals surface area (Å²) in [6, 6.07) is 0. The summed E-state index contributed by atoms with van der Waals surface area (Å²) in [7, 11) is -0.289. The smallest absolute Gasteiger partial charge is 0.399 e. The zero-order chi connectivity index (χ0) is 13.4. The highest BCUT2D eigenvalue weighted by molar-refractivity contribution is 6.56. The van der Waals surface area contributed by atoms with E-state index < -0.39 is 0 Å². The lowest BCUT2D eigenvalue weighted by atomic mass is 9.73. The third kappa shape index (κ3) is 2.38. The van der Waals surface area contributed by atoms with E-state index in [4.69, 9.17) is 9.31 Å². The second-order valence-electron chi connectivity index (χ2n) is 5.83. The molecule has 1 saturated heterocycles. The fourth-order valence-corrected chi connectivity index (χ4v) is 1.95. The number of allylic oxidation sites excluding steroid dienone is 8. The van der Waals surface area contributed by atoms with Gasteiger partial charge in [0.05, 0.1) is 11.2 Å². The fraction of sp³-hybridized carbons (Fsp3) is 0.467. The molecular weight excluding hydrogens is 223 g/mol. The van der Waals surface area contributed by atoms with Gasteiger partial charge in [0.25, 0.3) is 0 Å². The lowest BCUT2D eigenvalue weighted by molar-refractivity contribution is 0.00578. The molecule has 0 N–H and O–H groups in total. The molecule has 0 bridgehead atoms. The summed E-state index contributed by atoms with van der Waals surface area (Å²) in [4.78, 5) is 0. The van der Waals surface area contributed by atoms with Crippen molar-refractivity contribution in [1.82, 2.24) is 0 Å². The number of hydrogen-bond donors (Lipinski definition) is 0. The first-order valence-corrected chi connectivity index (χ1v) is 6.41. The summed E-state index contributed by atoms with van der Waals surface area (Å²) in [5, 5.41) is 0. The van der Waals surface area contributed by atoms with Crippen molar-refractivity contribution in [1.29, 1.82) is 0 Å². The molecule has 3 heteroatoms. The summed E-state index contributed by atoms with van der Waals surface area (Å²) in [5.74, 6) is 0. The number of hydrogen-bond acceptors (Lipinski definition) is 2. The molecule has 1 heterocycles. The van der Waals surface area contributed by atoms with E-state index in [-0.39, 0.29) is 18.3 Å². The molecule has 2 nitrogen and oxygen atoms in total. The Morgan fingerprint density at radius 1 is 0.833 bits per heavy atom. The van der Waals surface area contributed by atoms with E-state index in [1.807, 2.05) is 24.3 Å². The van der Waals surface area contributed by atoms with Crippen molar-refractivity contribution in [3.8, 4) is 0 Å². The fourth-order valence-electron chi connectivity index (χ4n) is 1.95. The second-order valence-corrected chi connectivity index (χ2v) is 5.83. The molecule has 0 aromatic heterocycles. The van der Waals surface area contributed by atoms with Gasteiger partial charge in [0.2, 0.25) is 0 Å². The van der Waals surface area contributed by atoms with Crippen LogP contribution in [-0.2, 0) is 9.31 Å². The first-order valence-electron chi connectivity index (χ1n) is 6.41. The third-order valence-corrected chi connectivity index (χ3v) is 3.92. The largest absolute Gasteiger partial charge is 0.495 e. The van der Waals surface area contributed by atoms with E-state index in [0.29, 0.717) is 0 Å². The van der Waals surface area contributed by atoms with Crippen LogP contribution in [0.1, 0.15) is 34.6 Å². The van der Waals surface area contributed by atoms with Crippen LogP contribution in [0.5, 0.6) is 0 Å². The molecule has 0 radical (unpaired) electrons. The van der Waals surface area contributed by atoms with E-state index in [1.54, 1.807) is 0 Å². The topological polar surface area (TPSA) is 18.5 Å². The molecule has 96 valence electrons. The molecule has 1 aliphatic carbocycles. The lowest BCUT2D eigenvalue weighted by Gasteiger charge is -2.32. The van der Waals surface area contributed by atoms with Crippen LogP contribution in [0.3, 0.4) is 0 Å². The van der Waals surface area contributed by atoms with E-state index in [2.05, 4.69) is 46.8 Å². The molecule has 0 atom stereocenters. The van der Waals surface area contributed by atoms with Gasteiger partial charge in [-0.3, -0.25) is 0 Å². The summed E-state index contributed by atoms with van der Waals surface area (Å²) in [5.41, 5.74) is 1.69. The van der Waals surface area contributed by atoms with Crippen LogP contribution in [0.2, 0.25) is 0 Å². The maximum absolute atomic E-state index is 6.08. The predicted octanol–water partition coefficient (Wildman–Crippen LogP) is 3.62. The summed E-state index contributed by atoms with van der Waals surface area (Å²) in [6.07, 6.45) is 12.2. The first kappa shape index (κ1) is 13.4. The molecule has 1 fully saturated rings. The molecule has 0 aromatic rings. The van der Waals surface area contributed by atoms with Crippen molar-refractivity contribution >= 4 is 7.12 Å². The lowest BCUT2D eigenvalue weighted by Crippen LogP contribution is -2.41. The molecule has 2 rings (SSSR count). The van der Waals surface area contributed by atoms with Crippen LogP contribution < -0.4 is 0 Å². The standard InChI is InChI=1S/C15H21BO2/c1-12-10-8-6-7-9-11-13(12)16-17-14(2,3)15(4,5)18-16/h6-11H,1-5H3/b7-6?,8-6-,9-7-,10-8?,11-9?,12-10-,13-11+,13-12?. The molecule has 0 spiro atoms. The predicted molar refractivity (Wildman–Crippen MR) is 76.2 cm³/mol. The van der Waals surface area contributed by atoms with Gasteiger partial charge in [-0.15, -0.1) is 0 Å². The highest BCUT2D eigenvalue weighted by Crippen LogP contribution is 2.39. The van der Waals surface area contributed by atoms with Crippen molar-refractivity contribution < 1.29 is 9.31 Å². The molecule has 2 aliphatic rings. The van der Waals surface area contributed by atoms with Crippen molar-refractivity contribution in [2.75, 3.05) is 0 Å². The molecule has 1 aliphatic heterocycles. The van der Waals surface area contributed by atoms with Gasteiger partial charge < -0.3 is 9.31 Å². The Morgan fingerprint density at radius 2 is 1.33 bits per heavy atom. The second kappa shape index (κ2) is 4.56. The Kier molecular flexibility index (Phi) is 3.39. The summed E-state index contributed by atoms with van der Waals surface area (Å²) >= 11 is 0. The SMILES string of the molecule is CC1=C/C=C\C=C/C=C\1B1OC(C)(C)C(C)(C)O1. The van der Waals surface area contributed by atoms with E-state index >= 15 is 0 Å². The van der Waals surface area contributed by atoms with Crippen LogP contribution in [0.4, 0.5) is 0 Å². The minimum atomic E-state index is -0.291. The molecule has 18 heavy (non-hydrogen) atoms. The molecule has 0 aromatic carbocycles. The minimum absolute atomic E-state index is 0.289. The Morgan fingerprint density at radius 3 is 1.89 bits per heavy atom. The Bertz CT molecular complexity index is 437. The Balaban J connectivity index is 2.29. The van der Waals surface area contributed by atoms with E-state index in [9.17, 15) is 0 Å². The maximum Gasteiger partial charge on any atom is 0.495 e. The summed E-state index contributed by atoms with van der Waals surface area (Å²) < 4.78 is 12.2. The van der Waals surface area contributed by atoms with E-state index in [0.717, 1.165) is 5.47 Å². The minimum Gasteiger partial charge on any atom is -0.399 e. The third-order valence-electron chi connectivity index (χ3n) is 3.92. The van der Waals surface area contributed by atoms with E-state index in [1.165, 1.54) is 5.57 Å². The van der Waals surface area contributed by atoms with Gasteiger partial charge in [0, 0.05) is 0 Å². The zero-order valence-electron chi connectivity index (χ0n) is 11.9. The van der Waals surface area contributed by atoms with Gasteiger partial charge in [-0.2, -0.15) is 0 Å². The van der Waals surface area contributed by atoms with Crippen LogP contribution in [-0.4, -0.2) is 18.3 Å². The summed E-state index contributed by atoms with van der Waals surface area (Å²) in [6.45, 7) is 10.4. The van der Waals surface area contributed by atoms with Crippen LogP contribution >= 0.6 is 0 Å². The molecular formula is C15H21BO2. The van der Waals surface area contributed by atoms with Gasteiger partial charge in [-0.25, -0.2) is 0 Å². The highest BCUT2D eigenvalue weighted by Gasteiger charge is 2.52. The van der Waals surface area contributed by atoms with Gasteiger partial charge in [-0.05, 0) is 40.1 Å².